The van der Waals surface area contributed by atoms with Crippen molar-refractivity contribution in [2.45, 2.75) is 31.9 Å². The van der Waals surface area contributed by atoms with Crippen LogP contribution in [0.5, 0.6) is 11.5 Å². The highest BCUT2D eigenvalue weighted by atomic mass is 16.5. The predicted octanol–water partition coefficient (Wildman–Crippen LogP) is 2.65. The molecule has 2 N–H and O–H groups in total. The van der Waals surface area contributed by atoms with Gasteiger partial charge in [0.05, 0.1) is 17.9 Å². The van der Waals surface area contributed by atoms with E-state index in [1.54, 1.807) is 0 Å². The summed E-state index contributed by atoms with van der Waals surface area (Å²) in [6.45, 7) is 0.372. The Bertz CT molecular complexity index is 668. The predicted molar refractivity (Wildman–Crippen MR) is 81.8 cm³/mol. The first-order valence-electron chi connectivity index (χ1n) is 7.39. The van der Waals surface area contributed by atoms with E-state index in [1.807, 2.05) is 24.3 Å². The lowest BCUT2D eigenvalue weighted by Gasteiger charge is -2.27. The Hall–Kier alpha value is -2.56. The van der Waals surface area contributed by atoms with Gasteiger partial charge in [-0.05, 0) is 31.4 Å². The molecule has 114 valence electrons. The first-order chi connectivity index (χ1) is 10.7. The number of nitrogens with zero attached hydrogens (tertiary/aromatic N) is 1. The molecule has 0 spiro atoms. The fourth-order valence-corrected chi connectivity index (χ4v) is 2.26. The molecule has 5 nitrogen and oxygen atoms in total. The monoisotopic (exact) mass is 298 g/mol. The maximum Gasteiger partial charge on any atom is 0.253 e. The number of amides is 1. The van der Waals surface area contributed by atoms with Crippen LogP contribution in [-0.2, 0) is 6.54 Å². The molecule has 1 amide bonds. The average Bonchev–Trinajstić information content (AvgIpc) is 2.49. The molecule has 1 fully saturated rings. The second-order valence-electron chi connectivity index (χ2n) is 5.39. The summed E-state index contributed by atoms with van der Waals surface area (Å²) in [5, 5.41) is 12.2. The minimum absolute atomic E-state index is 0.0265. The maximum atomic E-state index is 12.1. The minimum Gasteiger partial charge on any atom is -0.506 e. The van der Waals surface area contributed by atoms with Crippen LogP contribution in [-0.4, -0.2) is 22.1 Å². The number of pyridine rings is 1. The van der Waals surface area contributed by atoms with Crippen molar-refractivity contribution in [2.24, 2.45) is 0 Å². The van der Waals surface area contributed by atoms with Gasteiger partial charge in [-0.2, -0.15) is 0 Å². The molecule has 0 saturated heterocycles. The molecule has 3 rings (SSSR count). The van der Waals surface area contributed by atoms with Crippen LogP contribution in [0.2, 0.25) is 0 Å². The van der Waals surface area contributed by atoms with Crippen molar-refractivity contribution in [1.29, 1.82) is 0 Å². The van der Waals surface area contributed by atoms with Crippen molar-refractivity contribution in [3.63, 3.8) is 0 Å². The van der Waals surface area contributed by atoms with Crippen LogP contribution < -0.4 is 10.1 Å². The Balaban J connectivity index is 1.64. The summed E-state index contributed by atoms with van der Waals surface area (Å²) in [5.74, 6) is 0.518. The average molecular weight is 298 g/mol. The number of hydrogen-bond acceptors (Lipinski definition) is 4. The van der Waals surface area contributed by atoms with Gasteiger partial charge in [-0.1, -0.05) is 18.2 Å². The number of benzene rings is 1. The number of ether oxygens (including phenoxy) is 1. The van der Waals surface area contributed by atoms with Crippen LogP contribution in [0.3, 0.4) is 0 Å². The third kappa shape index (κ3) is 3.36. The smallest absolute Gasteiger partial charge is 0.253 e. The second kappa shape index (κ2) is 6.47. The molecular formula is C17H18N2O3. The minimum atomic E-state index is -0.276. The molecule has 0 bridgehead atoms. The molecule has 0 radical (unpaired) electrons. The van der Waals surface area contributed by atoms with Crippen molar-refractivity contribution < 1.29 is 14.6 Å². The van der Waals surface area contributed by atoms with Crippen molar-refractivity contribution in [1.82, 2.24) is 10.3 Å². The molecule has 1 aliphatic rings. The van der Waals surface area contributed by atoms with Crippen LogP contribution in [0, 0.1) is 0 Å². The summed E-state index contributed by atoms with van der Waals surface area (Å²) in [4.78, 5) is 15.9. The van der Waals surface area contributed by atoms with Crippen molar-refractivity contribution in [3.8, 4) is 11.5 Å². The van der Waals surface area contributed by atoms with E-state index in [-0.39, 0.29) is 11.7 Å². The molecule has 1 aromatic heterocycles. The van der Waals surface area contributed by atoms with E-state index in [0.717, 1.165) is 24.2 Å². The van der Waals surface area contributed by atoms with Crippen LogP contribution in [0.4, 0.5) is 0 Å². The van der Waals surface area contributed by atoms with Crippen molar-refractivity contribution >= 4 is 5.91 Å². The number of hydrogen-bond donors (Lipinski definition) is 2. The van der Waals surface area contributed by atoms with Gasteiger partial charge in [-0.25, -0.2) is 0 Å². The number of carbonyl (C=O) groups excluding carboxylic acids is 1. The Morgan fingerprint density at radius 3 is 2.86 bits per heavy atom. The normalized spacial score (nSPS) is 14.2. The summed E-state index contributed by atoms with van der Waals surface area (Å²) in [5.41, 5.74) is 1.27. The zero-order chi connectivity index (χ0) is 15.4. The van der Waals surface area contributed by atoms with Gasteiger partial charge in [0.25, 0.3) is 5.91 Å². The van der Waals surface area contributed by atoms with Gasteiger partial charge in [0, 0.05) is 18.3 Å². The number of nitrogens with one attached hydrogen (secondary N) is 1. The molecule has 5 heteroatoms. The lowest BCUT2D eigenvalue weighted by molar-refractivity contribution is 0.0948. The first-order valence-corrected chi connectivity index (χ1v) is 7.39. The van der Waals surface area contributed by atoms with Gasteiger partial charge < -0.3 is 15.2 Å². The van der Waals surface area contributed by atoms with Gasteiger partial charge >= 0.3 is 0 Å². The van der Waals surface area contributed by atoms with Crippen molar-refractivity contribution in [2.75, 3.05) is 0 Å². The quantitative estimate of drug-likeness (QED) is 0.890. The topological polar surface area (TPSA) is 71.5 Å². The molecule has 2 aromatic rings. The molecule has 0 atom stereocenters. The zero-order valence-electron chi connectivity index (χ0n) is 12.2. The highest BCUT2D eigenvalue weighted by Crippen LogP contribution is 2.27. The highest BCUT2D eigenvalue weighted by molar-refractivity contribution is 5.94. The summed E-state index contributed by atoms with van der Waals surface area (Å²) in [6.07, 6.45) is 6.41. The summed E-state index contributed by atoms with van der Waals surface area (Å²) >= 11 is 0. The molecule has 0 aliphatic heterocycles. The molecular weight excluding hydrogens is 280 g/mol. The van der Waals surface area contributed by atoms with E-state index < -0.39 is 0 Å². The molecule has 1 heterocycles. The summed E-state index contributed by atoms with van der Waals surface area (Å²) in [7, 11) is 0. The van der Waals surface area contributed by atoms with E-state index in [1.165, 1.54) is 24.9 Å². The van der Waals surface area contributed by atoms with E-state index in [0.29, 0.717) is 18.2 Å². The third-order valence-electron chi connectivity index (χ3n) is 3.74. The number of carbonyl (C=O) groups is 1. The van der Waals surface area contributed by atoms with Crippen LogP contribution in [0.25, 0.3) is 0 Å². The SMILES string of the molecule is O=C(NCc1ccccc1OC1CCC1)c1cncc(O)c1. The number of aromatic hydroxyl groups is 1. The summed E-state index contributed by atoms with van der Waals surface area (Å²) in [6, 6.07) is 9.10. The van der Waals surface area contributed by atoms with Gasteiger partial charge in [0.1, 0.15) is 11.5 Å². The van der Waals surface area contributed by atoms with E-state index >= 15 is 0 Å². The highest BCUT2D eigenvalue weighted by Gasteiger charge is 2.20. The molecule has 1 saturated carbocycles. The molecule has 1 aliphatic carbocycles. The number of rotatable bonds is 5. The lowest BCUT2D eigenvalue weighted by Crippen LogP contribution is -2.26. The Labute approximate surface area is 129 Å². The number of aromatic nitrogens is 1. The summed E-state index contributed by atoms with van der Waals surface area (Å²) < 4.78 is 5.93. The Kier molecular flexibility index (Phi) is 4.23. The van der Waals surface area contributed by atoms with Crippen molar-refractivity contribution in [3.05, 3.63) is 53.9 Å². The number of para-hydroxylation sites is 1. The molecule has 22 heavy (non-hydrogen) atoms. The standard InChI is InChI=1S/C17H18N2O3/c20-14-8-13(9-18-11-14)17(21)19-10-12-4-1-2-7-16(12)22-15-5-3-6-15/h1-2,4,7-9,11,15,20H,3,5-6,10H2,(H,19,21). The molecule has 1 aromatic carbocycles. The second-order valence-corrected chi connectivity index (χ2v) is 5.39. The largest absolute Gasteiger partial charge is 0.506 e. The zero-order valence-corrected chi connectivity index (χ0v) is 12.2. The maximum absolute atomic E-state index is 12.1. The van der Waals surface area contributed by atoms with Gasteiger partial charge in [-0.3, -0.25) is 9.78 Å². The van der Waals surface area contributed by atoms with Gasteiger partial charge in [0.15, 0.2) is 0 Å². The van der Waals surface area contributed by atoms with Gasteiger partial charge in [-0.15, -0.1) is 0 Å². The van der Waals surface area contributed by atoms with Crippen LogP contribution in [0.15, 0.2) is 42.7 Å². The van der Waals surface area contributed by atoms with Crippen LogP contribution in [0.1, 0.15) is 35.2 Å². The Morgan fingerprint density at radius 2 is 2.14 bits per heavy atom. The lowest BCUT2D eigenvalue weighted by atomic mass is 9.96. The van der Waals surface area contributed by atoms with Crippen LogP contribution >= 0.6 is 0 Å². The van der Waals surface area contributed by atoms with E-state index in [9.17, 15) is 9.90 Å². The first kappa shape index (κ1) is 14.4. The molecule has 0 unspecified atom stereocenters. The Morgan fingerprint density at radius 1 is 1.32 bits per heavy atom. The van der Waals surface area contributed by atoms with E-state index in [2.05, 4.69) is 10.3 Å². The third-order valence-corrected chi connectivity index (χ3v) is 3.74. The fourth-order valence-electron chi connectivity index (χ4n) is 2.26. The van der Waals surface area contributed by atoms with Gasteiger partial charge in [0.2, 0.25) is 0 Å². The van der Waals surface area contributed by atoms with E-state index in [4.69, 9.17) is 4.74 Å². The fraction of sp³-hybridized carbons (Fsp3) is 0.294.